The van der Waals surface area contributed by atoms with E-state index in [0.717, 1.165) is 5.56 Å². The summed E-state index contributed by atoms with van der Waals surface area (Å²) >= 11 is 0. The Labute approximate surface area is 66.9 Å². The Balaban J connectivity index is 0.000000810. The molecule has 0 spiro atoms. The zero-order chi connectivity index (χ0) is 6.69. The second kappa shape index (κ2) is 4.25. The summed E-state index contributed by atoms with van der Waals surface area (Å²) in [5, 5.41) is 0. The summed E-state index contributed by atoms with van der Waals surface area (Å²) < 4.78 is 0. The molecule has 0 fully saturated rings. The fraction of sp³-hybridized carbons (Fsp3) is 0.286. The van der Waals surface area contributed by atoms with Gasteiger partial charge in [0.2, 0.25) is 0 Å². The summed E-state index contributed by atoms with van der Waals surface area (Å²) in [7, 11) is 0. The molecule has 0 saturated heterocycles. The second-order valence-electron chi connectivity index (χ2n) is 2.01. The Hall–Kier alpha value is -0.600. The van der Waals surface area contributed by atoms with E-state index < -0.39 is 0 Å². The van der Waals surface area contributed by atoms with Gasteiger partial charge in [-0.1, -0.05) is 0 Å². The van der Waals surface area contributed by atoms with E-state index in [-0.39, 0.29) is 12.4 Å². The first-order valence-electron chi connectivity index (χ1n) is 2.94. The lowest BCUT2D eigenvalue weighted by molar-refractivity contribution is 1.02. The Kier molecular flexibility index (Phi) is 4.00. The van der Waals surface area contributed by atoms with Gasteiger partial charge >= 0.3 is 0 Å². The Morgan fingerprint density at radius 1 is 1.60 bits per heavy atom. The molecule has 0 amide bonds. The molecule has 2 N–H and O–H groups in total. The molecule has 0 unspecified atom stereocenters. The van der Waals surface area contributed by atoms with Crippen LogP contribution in [0, 0.1) is 6.92 Å². The van der Waals surface area contributed by atoms with Crippen molar-refractivity contribution in [2.75, 3.05) is 0 Å². The van der Waals surface area contributed by atoms with E-state index in [0.29, 0.717) is 6.54 Å². The molecule has 0 bridgehead atoms. The van der Waals surface area contributed by atoms with Crippen molar-refractivity contribution in [3.63, 3.8) is 0 Å². The molecular weight excluding hydrogens is 148 g/mol. The van der Waals surface area contributed by atoms with E-state index in [1.165, 1.54) is 5.56 Å². The molecule has 0 radical (unpaired) electrons. The van der Waals surface area contributed by atoms with E-state index in [1.54, 1.807) is 12.4 Å². The highest BCUT2D eigenvalue weighted by Crippen LogP contribution is 2.01. The van der Waals surface area contributed by atoms with Crippen molar-refractivity contribution in [3.8, 4) is 0 Å². The monoisotopic (exact) mass is 158 g/mol. The maximum absolute atomic E-state index is 5.41. The molecule has 3 heteroatoms. The van der Waals surface area contributed by atoms with Crippen molar-refractivity contribution < 1.29 is 0 Å². The Morgan fingerprint density at radius 3 is 2.70 bits per heavy atom. The number of aromatic nitrogens is 1. The molecule has 0 aliphatic carbocycles. The fourth-order valence-electron chi connectivity index (χ4n) is 0.710. The van der Waals surface area contributed by atoms with Gasteiger partial charge in [0.15, 0.2) is 0 Å². The van der Waals surface area contributed by atoms with Crippen LogP contribution in [-0.2, 0) is 6.54 Å². The number of nitrogens with zero attached hydrogens (tertiary/aromatic N) is 1. The number of halogens is 1. The number of hydrogen-bond donors (Lipinski definition) is 1. The van der Waals surface area contributed by atoms with Crippen molar-refractivity contribution >= 4 is 12.4 Å². The summed E-state index contributed by atoms with van der Waals surface area (Å²) in [6.45, 7) is 2.61. The number of nitrogens with two attached hydrogens (primary N) is 1. The standard InChI is InChI=1S/C7H10N2.ClH/c1-6-2-3-9-5-7(6)4-8;/h2-3,5H,4,8H2,1H3;1H. The van der Waals surface area contributed by atoms with Crippen molar-refractivity contribution in [2.24, 2.45) is 5.73 Å². The molecule has 10 heavy (non-hydrogen) atoms. The molecule has 1 aromatic rings. The highest BCUT2D eigenvalue weighted by molar-refractivity contribution is 5.85. The van der Waals surface area contributed by atoms with Crippen LogP contribution in [0.15, 0.2) is 18.5 Å². The number of hydrogen-bond acceptors (Lipinski definition) is 2. The molecule has 1 aromatic heterocycles. The molecule has 0 saturated carbocycles. The van der Waals surface area contributed by atoms with Crippen LogP contribution >= 0.6 is 12.4 Å². The number of pyridine rings is 1. The van der Waals surface area contributed by atoms with E-state index in [4.69, 9.17) is 5.73 Å². The van der Waals surface area contributed by atoms with Gasteiger partial charge in [0, 0.05) is 18.9 Å². The van der Waals surface area contributed by atoms with Crippen LogP contribution in [0.3, 0.4) is 0 Å². The topological polar surface area (TPSA) is 38.9 Å². The molecule has 56 valence electrons. The van der Waals surface area contributed by atoms with Crippen LogP contribution in [0.4, 0.5) is 0 Å². The lowest BCUT2D eigenvalue weighted by Crippen LogP contribution is -1.98. The lowest BCUT2D eigenvalue weighted by atomic mass is 10.2. The first-order valence-corrected chi connectivity index (χ1v) is 2.94. The van der Waals surface area contributed by atoms with Crippen LogP contribution in [0.25, 0.3) is 0 Å². The molecule has 0 atom stereocenters. The smallest absolute Gasteiger partial charge is 0.0315 e. The molecular formula is C7H11ClN2. The molecule has 0 aliphatic heterocycles. The van der Waals surface area contributed by atoms with Crippen LogP contribution in [-0.4, -0.2) is 4.98 Å². The largest absolute Gasteiger partial charge is 0.326 e. The van der Waals surface area contributed by atoms with Gasteiger partial charge in [-0.25, -0.2) is 0 Å². The van der Waals surface area contributed by atoms with Crippen LogP contribution in [0.5, 0.6) is 0 Å². The minimum atomic E-state index is 0. The Bertz CT molecular complexity index is 201. The average Bonchev–Trinajstić information content (AvgIpc) is 1.89. The van der Waals surface area contributed by atoms with E-state index in [9.17, 15) is 0 Å². The van der Waals surface area contributed by atoms with Crippen LogP contribution in [0.2, 0.25) is 0 Å². The van der Waals surface area contributed by atoms with Gasteiger partial charge in [0.1, 0.15) is 0 Å². The molecule has 0 aromatic carbocycles. The predicted octanol–water partition coefficient (Wildman–Crippen LogP) is 1.27. The van der Waals surface area contributed by atoms with Gasteiger partial charge in [-0.2, -0.15) is 0 Å². The van der Waals surface area contributed by atoms with Crippen molar-refractivity contribution in [3.05, 3.63) is 29.6 Å². The number of rotatable bonds is 1. The van der Waals surface area contributed by atoms with Gasteiger partial charge < -0.3 is 5.73 Å². The zero-order valence-corrected chi connectivity index (χ0v) is 6.69. The highest BCUT2D eigenvalue weighted by atomic mass is 35.5. The van der Waals surface area contributed by atoms with Crippen LogP contribution < -0.4 is 5.73 Å². The third-order valence-electron chi connectivity index (χ3n) is 1.37. The minimum Gasteiger partial charge on any atom is -0.326 e. The van der Waals surface area contributed by atoms with Gasteiger partial charge in [0.25, 0.3) is 0 Å². The quantitative estimate of drug-likeness (QED) is 0.669. The highest BCUT2D eigenvalue weighted by Gasteiger charge is 1.90. The van der Waals surface area contributed by atoms with E-state index >= 15 is 0 Å². The minimum absolute atomic E-state index is 0. The van der Waals surface area contributed by atoms with Crippen LogP contribution in [0.1, 0.15) is 11.1 Å². The van der Waals surface area contributed by atoms with Gasteiger partial charge in [0.05, 0.1) is 0 Å². The van der Waals surface area contributed by atoms with Crippen molar-refractivity contribution in [1.82, 2.24) is 4.98 Å². The first-order chi connectivity index (χ1) is 4.34. The maximum Gasteiger partial charge on any atom is 0.0315 e. The van der Waals surface area contributed by atoms with Gasteiger partial charge in [-0.05, 0) is 24.1 Å². The van der Waals surface area contributed by atoms with Gasteiger partial charge in [-0.15, -0.1) is 12.4 Å². The summed E-state index contributed by atoms with van der Waals surface area (Å²) in [4.78, 5) is 3.94. The summed E-state index contributed by atoms with van der Waals surface area (Å²) in [6, 6.07) is 1.96. The first kappa shape index (κ1) is 9.40. The molecule has 0 aliphatic rings. The van der Waals surface area contributed by atoms with E-state index in [1.807, 2.05) is 13.0 Å². The van der Waals surface area contributed by atoms with Crippen molar-refractivity contribution in [1.29, 1.82) is 0 Å². The summed E-state index contributed by atoms with van der Waals surface area (Å²) in [6.07, 6.45) is 3.57. The third kappa shape index (κ3) is 1.97. The SMILES string of the molecule is Cc1ccncc1CN.Cl. The second-order valence-corrected chi connectivity index (χ2v) is 2.01. The van der Waals surface area contributed by atoms with Gasteiger partial charge in [-0.3, -0.25) is 4.98 Å². The maximum atomic E-state index is 5.41. The lowest BCUT2D eigenvalue weighted by Gasteiger charge is -1.97. The van der Waals surface area contributed by atoms with Crippen molar-refractivity contribution in [2.45, 2.75) is 13.5 Å². The summed E-state index contributed by atoms with van der Waals surface area (Å²) in [5.41, 5.74) is 7.75. The third-order valence-corrected chi connectivity index (χ3v) is 1.37. The molecule has 2 nitrogen and oxygen atoms in total. The van der Waals surface area contributed by atoms with E-state index in [2.05, 4.69) is 4.98 Å². The molecule has 1 heterocycles. The fourth-order valence-corrected chi connectivity index (χ4v) is 0.710. The zero-order valence-electron chi connectivity index (χ0n) is 5.87. The predicted molar refractivity (Wildman–Crippen MR) is 44.1 cm³/mol. The number of aryl methyl sites for hydroxylation is 1. The molecule has 1 rings (SSSR count). The average molecular weight is 159 g/mol. The normalized spacial score (nSPS) is 8.60. The summed E-state index contributed by atoms with van der Waals surface area (Å²) in [5.74, 6) is 0. The Morgan fingerprint density at radius 2 is 2.30 bits per heavy atom.